The molecule has 0 aliphatic heterocycles. The summed E-state index contributed by atoms with van der Waals surface area (Å²) in [6.45, 7) is 6.62. The third kappa shape index (κ3) is 0.655. The van der Waals surface area contributed by atoms with Gasteiger partial charge in [-0.05, 0) is 18.3 Å². The number of hydrogen-bond acceptors (Lipinski definition) is 1. The van der Waals surface area contributed by atoms with Gasteiger partial charge in [0.25, 0.3) is 0 Å². The van der Waals surface area contributed by atoms with Crippen molar-refractivity contribution in [3.05, 3.63) is 0 Å². The van der Waals surface area contributed by atoms with E-state index in [1.807, 2.05) is 0 Å². The van der Waals surface area contributed by atoms with E-state index in [4.69, 9.17) is 5.73 Å². The molecule has 1 rings (SSSR count). The van der Waals surface area contributed by atoms with Crippen molar-refractivity contribution in [1.29, 1.82) is 0 Å². The Bertz CT molecular complexity index is 98.6. The van der Waals surface area contributed by atoms with Crippen LogP contribution in [-0.4, -0.2) is 5.54 Å². The van der Waals surface area contributed by atoms with Crippen molar-refractivity contribution >= 4 is 0 Å². The molecule has 2 unspecified atom stereocenters. The van der Waals surface area contributed by atoms with Crippen LogP contribution in [0.15, 0.2) is 0 Å². The van der Waals surface area contributed by atoms with Crippen LogP contribution < -0.4 is 5.73 Å². The van der Waals surface area contributed by atoms with Gasteiger partial charge in [-0.15, -0.1) is 0 Å². The number of rotatable bonds is 1. The summed E-state index contributed by atoms with van der Waals surface area (Å²) in [6, 6.07) is 0. The number of nitrogens with two attached hydrogens (primary N) is 1. The second-order valence-corrected chi connectivity index (χ2v) is 3.37. The van der Waals surface area contributed by atoms with Gasteiger partial charge in [-0.25, -0.2) is 0 Å². The molecule has 0 radical (unpaired) electrons. The second-order valence-electron chi connectivity index (χ2n) is 3.37. The molecule has 48 valence electrons. The molecule has 0 aromatic carbocycles. The summed E-state index contributed by atoms with van der Waals surface area (Å²) in [5.74, 6) is 1.43. The molecule has 1 saturated carbocycles. The van der Waals surface area contributed by atoms with Gasteiger partial charge in [0.2, 0.25) is 0 Å². The lowest BCUT2D eigenvalue weighted by Gasteiger charge is -2.13. The third-order valence-corrected chi connectivity index (χ3v) is 2.49. The van der Waals surface area contributed by atoms with E-state index >= 15 is 0 Å². The Kier molecular flexibility index (Phi) is 1.12. The largest absolute Gasteiger partial charge is 0.325 e. The van der Waals surface area contributed by atoms with Gasteiger partial charge < -0.3 is 5.73 Å². The summed E-state index contributed by atoms with van der Waals surface area (Å²) in [6.07, 6.45) is 1.23. The lowest BCUT2D eigenvalue weighted by molar-refractivity contribution is 0.448. The second kappa shape index (κ2) is 1.47. The summed E-state index contributed by atoms with van der Waals surface area (Å²) < 4.78 is 0. The van der Waals surface area contributed by atoms with Crippen molar-refractivity contribution in [2.24, 2.45) is 17.6 Å². The Hall–Kier alpha value is -0.0400. The van der Waals surface area contributed by atoms with Gasteiger partial charge >= 0.3 is 0 Å². The molecule has 2 atom stereocenters. The first-order valence-electron chi connectivity index (χ1n) is 3.36. The van der Waals surface area contributed by atoms with Gasteiger partial charge in [0, 0.05) is 5.54 Å². The van der Waals surface area contributed by atoms with Crippen LogP contribution in [0.4, 0.5) is 0 Å². The molecule has 8 heavy (non-hydrogen) atoms. The average Bonchev–Trinajstić information content (AvgIpc) is 2.17. The smallest absolute Gasteiger partial charge is 0.0207 e. The maximum atomic E-state index is 5.93. The zero-order valence-corrected chi connectivity index (χ0v) is 5.94. The maximum Gasteiger partial charge on any atom is 0.0207 e. The van der Waals surface area contributed by atoms with E-state index in [1.54, 1.807) is 0 Å². The van der Waals surface area contributed by atoms with E-state index in [9.17, 15) is 0 Å². The molecule has 1 aliphatic rings. The number of hydrogen-bond donors (Lipinski definition) is 1. The monoisotopic (exact) mass is 113 g/mol. The fourth-order valence-electron chi connectivity index (χ4n) is 1.28. The normalized spacial score (nSPS) is 45.4. The van der Waals surface area contributed by atoms with E-state index in [0.29, 0.717) is 5.92 Å². The summed E-state index contributed by atoms with van der Waals surface area (Å²) in [4.78, 5) is 0. The van der Waals surface area contributed by atoms with Crippen LogP contribution >= 0.6 is 0 Å². The van der Waals surface area contributed by atoms with Crippen molar-refractivity contribution < 1.29 is 0 Å². The van der Waals surface area contributed by atoms with Crippen LogP contribution in [-0.2, 0) is 0 Å². The van der Waals surface area contributed by atoms with E-state index in [0.717, 1.165) is 5.92 Å². The first kappa shape index (κ1) is 6.09. The highest BCUT2D eigenvalue weighted by atomic mass is 14.9. The van der Waals surface area contributed by atoms with Gasteiger partial charge in [-0.1, -0.05) is 20.8 Å². The van der Waals surface area contributed by atoms with Crippen LogP contribution in [0.3, 0.4) is 0 Å². The summed E-state index contributed by atoms with van der Waals surface area (Å²) in [5, 5.41) is 0. The Balaban J connectivity index is 2.47. The quantitative estimate of drug-likeness (QED) is 0.546. The lowest BCUT2D eigenvalue weighted by atomic mass is 10.0. The molecule has 1 heteroatoms. The van der Waals surface area contributed by atoms with Crippen molar-refractivity contribution in [2.45, 2.75) is 32.7 Å². The van der Waals surface area contributed by atoms with Crippen LogP contribution in [0.2, 0.25) is 0 Å². The molecule has 1 fully saturated rings. The Labute approximate surface area is 51.3 Å². The predicted molar refractivity (Wildman–Crippen MR) is 35.5 cm³/mol. The van der Waals surface area contributed by atoms with Crippen LogP contribution in [0, 0.1) is 11.8 Å². The fourth-order valence-corrected chi connectivity index (χ4v) is 1.28. The SMILES string of the molecule is CC(C)C1(N)CC1C. The molecule has 0 saturated heterocycles. The average molecular weight is 113 g/mol. The molecule has 0 heterocycles. The molecular formula is C7H15N. The Morgan fingerprint density at radius 3 is 2.00 bits per heavy atom. The molecule has 0 amide bonds. The van der Waals surface area contributed by atoms with Crippen LogP contribution in [0.25, 0.3) is 0 Å². The van der Waals surface area contributed by atoms with Crippen molar-refractivity contribution in [2.75, 3.05) is 0 Å². The van der Waals surface area contributed by atoms with Gasteiger partial charge in [0.1, 0.15) is 0 Å². The van der Waals surface area contributed by atoms with E-state index in [-0.39, 0.29) is 5.54 Å². The highest BCUT2D eigenvalue weighted by Gasteiger charge is 2.49. The van der Waals surface area contributed by atoms with Gasteiger partial charge in [-0.3, -0.25) is 0 Å². The van der Waals surface area contributed by atoms with E-state index in [2.05, 4.69) is 20.8 Å². The van der Waals surface area contributed by atoms with Gasteiger partial charge in [0.15, 0.2) is 0 Å². The minimum Gasteiger partial charge on any atom is -0.325 e. The zero-order valence-electron chi connectivity index (χ0n) is 5.94. The Morgan fingerprint density at radius 1 is 1.62 bits per heavy atom. The maximum absolute atomic E-state index is 5.93. The van der Waals surface area contributed by atoms with Crippen molar-refractivity contribution in [1.82, 2.24) is 0 Å². The molecule has 0 spiro atoms. The van der Waals surface area contributed by atoms with Crippen molar-refractivity contribution in [3.63, 3.8) is 0 Å². The van der Waals surface area contributed by atoms with E-state index in [1.165, 1.54) is 6.42 Å². The van der Waals surface area contributed by atoms with Crippen molar-refractivity contribution in [3.8, 4) is 0 Å². The molecule has 1 aliphatic carbocycles. The Morgan fingerprint density at radius 2 is 2.00 bits per heavy atom. The minimum absolute atomic E-state index is 0.208. The summed E-state index contributed by atoms with van der Waals surface area (Å²) in [7, 11) is 0. The van der Waals surface area contributed by atoms with E-state index < -0.39 is 0 Å². The first-order valence-corrected chi connectivity index (χ1v) is 3.36. The molecule has 0 aromatic rings. The minimum atomic E-state index is 0.208. The summed E-state index contributed by atoms with van der Waals surface area (Å²) >= 11 is 0. The highest BCUT2D eigenvalue weighted by molar-refractivity contribution is 5.07. The highest BCUT2D eigenvalue weighted by Crippen LogP contribution is 2.45. The van der Waals surface area contributed by atoms with Crippen LogP contribution in [0.1, 0.15) is 27.2 Å². The summed E-state index contributed by atoms with van der Waals surface area (Å²) in [5.41, 5.74) is 6.14. The van der Waals surface area contributed by atoms with Gasteiger partial charge in [0.05, 0.1) is 0 Å². The molecule has 0 bridgehead atoms. The lowest BCUT2D eigenvalue weighted by Crippen LogP contribution is -2.30. The molecular weight excluding hydrogens is 98.1 g/mol. The molecule has 0 aromatic heterocycles. The zero-order chi connectivity index (χ0) is 6.36. The fraction of sp³-hybridized carbons (Fsp3) is 1.00. The first-order chi connectivity index (χ1) is 3.57. The topological polar surface area (TPSA) is 26.0 Å². The van der Waals surface area contributed by atoms with Gasteiger partial charge in [-0.2, -0.15) is 0 Å². The molecule has 2 N–H and O–H groups in total. The molecule has 1 nitrogen and oxygen atoms in total. The third-order valence-electron chi connectivity index (χ3n) is 2.49. The van der Waals surface area contributed by atoms with Crippen LogP contribution in [0.5, 0.6) is 0 Å². The predicted octanol–water partition coefficient (Wildman–Crippen LogP) is 1.38. The standard InChI is InChI=1S/C7H15N/c1-5(2)7(8)4-6(7)3/h5-6H,4,8H2,1-3H3.